The molecule has 1 aromatic carbocycles. The molecule has 18 heavy (non-hydrogen) atoms. The van der Waals surface area contributed by atoms with Crippen LogP contribution in [0.2, 0.25) is 0 Å². The SMILES string of the molecule is Cc1nc2cccnc2n1-c1ccc(CN)cc1. The lowest BCUT2D eigenvalue weighted by molar-refractivity contribution is 0.981. The van der Waals surface area contributed by atoms with Crippen LogP contribution in [0.3, 0.4) is 0 Å². The van der Waals surface area contributed by atoms with Crippen LogP contribution in [0.15, 0.2) is 42.6 Å². The highest BCUT2D eigenvalue weighted by atomic mass is 15.1. The zero-order valence-corrected chi connectivity index (χ0v) is 10.2. The molecule has 3 rings (SSSR count). The molecule has 0 aliphatic rings. The van der Waals surface area contributed by atoms with Gasteiger partial charge in [0.2, 0.25) is 0 Å². The zero-order valence-electron chi connectivity index (χ0n) is 10.2. The Labute approximate surface area is 105 Å². The normalized spacial score (nSPS) is 11.0. The lowest BCUT2D eigenvalue weighted by Crippen LogP contribution is -2.00. The van der Waals surface area contributed by atoms with E-state index in [9.17, 15) is 0 Å². The molecule has 2 N–H and O–H groups in total. The lowest BCUT2D eigenvalue weighted by atomic mass is 10.2. The molecule has 0 saturated heterocycles. The van der Waals surface area contributed by atoms with Gasteiger partial charge in [0.25, 0.3) is 0 Å². The van der Waals surface area contributed by atoms with Crippen molar-refractivity contribution in [3.63, 3.8) is 0 Å². The highest BCUT2D eigenvalue weighted by Gasteiger charge is 2.09. The van der Waals surface area contributed by atoms with Gasteiger partial charge in [0.1, 0.15) is 11.3 Å². The topological polar surface area (TPSA) is 56.7 Å². The molecule has 0 unspecified atom stereocenters. The van der Waals surface area contributed by atoms with Crippen LogP contribution in [0.1, 0.15) is 11.4 Å². The van der Waals surface area contributed by atoms with Gasteiger partial charge in [-0.15, -0.1) is 0 Å². The molecule has 0 saturated carbocycles. The van der Waals surface area contributed by atoms with Gasteiger partial charge < -0.3 is 5.73 Å². The van der Waals surface area contributed by atoms with Gasteiger partial charge in [-0.3, -0.25) is 4.57 Å². The molecule has 2 heterocycles. The van der Waals surface area contributed by atoms with E-state index in [1.807, 2.05) is 43.3 Å². The first-order chi connectivity index (χ1) is 8.79. The maximum Gasteiger partial charge on any atom is 0.164 e. The molecule has 4 heteroatoms. The third-order valence-electron chi connectivity index (χ3n) is 3.01. The predicted molar refractivity (Wildman–Crippen MR) is 71.5 cm³/mol. The van der Waals surface area contributed by atoms with E-state index in [1.54, 1.807) is 6.20 Å². The summed E-state index contributed by atoms with van der Waals surface area (Å²) in [5.74, 6) is 0.934. The van der Waals surface area contributed by atoms with Crippen molar-refractivity contribution in [3.05, 3.63) is 54.0 Å². The van der Waals surface area contributed by atoms with Gasteiger partial charge in [0.05, 0.1) is 0 Å². The first-order valence-electron chi connectivity index (χ1n) is 5.89. The number of hydrogen-bond donors (Lipinski definition) is 1. The second kappa shape index (κ2) is 4.23. The minimum Gasteiger partial charge on any atom is -0.326 e. The first-order valence-corrected chi connectivity index (χ1v) is 5.89. The minimum absolute atomic E-state index is 0.558. The van der Waals surface area contributed by atoms with E-state index in [1.165, 1.54) is 0 Å². The van der Waals surface area contributed by atoms with Crippen LogP contribution in [0.5, 0.6) is 0 Å². The first kappa shape index (κ1) is 10.9. The van der Waals surface area contributed by atoms with Gasteiger partial charge >= 0.3 is 0 Å². The largest absolute Gasteiger partial charge is 0.326 e. The van der Waals surface area contributed by atoms with Crippen molar-refractivity contribution in [2.45, 2.75) is 13.5 Å². The number of hydrogen-bond acceptors (Lipinski definition) is 3. The molecule has 0 atom stereocenters. The summed E-state index contributed by atoms with van der Waals surface area (Å²) in [6, 6.07) is 12.0. The highest BCUT2D eigenvalue weighted by molar-refractivity contribution is 5.73. The number of benzene rings is 1. The molecule has 0 aliphatic heterocycles. The van der Waals surface area contributed by atoms with Gasteiger partial charge in [0.15, 0.2) is 5.65 Å². The number of nitrogens with two attached hydrogens (primary N) is 1. The quantitative estimate of drug-likeness (QED) is 0.744. The number of aryl methyl sites for hydroxylation is 1. The summed E-state index contributed by atoms with van der Waals surface area (Å²) in [4.78, 5) is 8.90. The number of nitrogens with zero attached hydrogens (tertiary/aromatic N) is 3. The lowest BCUT2D eigenvalue weighted by Gasteiger charge is -2.06. The van der Waals surface area contributed by atoms with Crippen molar-refractivity contribution in [3.8, 4) is 5.69 Å². The van der Waals surface area contributed by atoms with Crippen LogP contribution in [0.4, 0.5) is 0 Å². The maximum absolute atomic E-state index is 5.61. The van der Waals surface area contributed by atoms with Crippen molar-refractivity contribution in [1.82, 2.24) is 14.5 Å². The standard InChI is InChI=1S/C14H14N4/c1-10-17-13-3-2-8-16-14(13)18(10)12-6-4-11(9-15)5-7-12/h2-8H,9,15H2,1H3. The second-order valence-electron chi connectivity index (χ2n) is 4.21. The summed E-state index contributed by atoms with van der Waals surface area (Å²) in [6.07, 6.45) is 1.79. The number of fused-ring (bicyclic) bond motifs is 1. The molecule has 2 aromatic heterocycles. The molecule has 90 valence electrons. The summed E-state index contributed by atoms with van der Waals surface area (Å²) in [6.45, 7) is 2.54. The Morgan fingerprint density at radius 3 is 2.67 bits per heavy atom. The van der Waals surface area contributed by atoms with E-state index in [2.05, 4.69) is 14.5 Å². The van der Waals surface area contributed by atoms with Crippen LogP contribution in [-0.2, 0) is 6.54 Å². The van der Waals surface area contributed by atoms with Crippen LogP contribution in [0.25, 0.3) is 16.9 Å². The fourth-order valence-corrected chi connectivity index (χ4v) is 2.12. The molecular formula is C14H14N4. The van der Waals surface area contributed by atoms with Gasteiger partial charge in [-0.25, -0.2) is 9.97 Å². The van der Waals surface area contributed by atoms with Crippen molar-refractivity contribution in [2.24, 2.45) is 5.73 Å². The Balaban J connectivity index is 2.20. The van der Waals surface area contributed by atoms with E-state index in [0.717, 1.165) is 28.2 Å². The number of imidazole rings is 1. The Bertz CT molecular complexity index is 683. The molecule has 3 aromatic rings. The fraction of sp³-hybridized carbons (Fsp3) is 0.143. The second-order valence-corrected chi connectivity index (χ2v) is 4.21. The average molecular weight is 238 g/mol. The summed E-state index contributed by atoms with van der Waals surface area (Å²) >= 11 is 0. The predicted octanol–water partition coefficient (Wildman–Crippen LogP) is 2.19. The van der Waals surface area contributed by atoms with Crippen LogP contribution < -0.4 is 5.73 Å². The maximum atomic E-state index is 5.61. The van der Waals surface area contributed by atoms with E-state index < -0.39 is 0 Å². The van der Waals surface area contributed by atoms with E-state index in [0.29, 0.717) is 6.54 Å². The Morgan fingerprint density at radius 2 is 1.94 bits per heavy atom. The molecule has 0 bridgehead atoms. The Morgan fingerprint density at radius 1 is 1.17 bits per heavy atom. The molecule has 0 spiro atoms. The van der Waals surface area contributed by atoms with Gasteiger partial charge in [0, 0.05) is 18.4 Å². The molecule has 0 fully saturated rings. The van der Waals surface area contributed by atoms with Crippen molar-refractivity contribution in [2.75, 3.05) is 0 Å². The van der Waals surface area contributed by atoms with Gasteiger partial charge in [-0.1, -0.05) is 12.1 Å². The smallest absolute Gasteiger partial charge is 0.164 e. The average Bonchev–Trinajstić information content (AvgIpc) is 2.75. The van der Waals surface area contributed by atoms with Gasteiger partial charge in [-0.2, -0.15) is 0 Å². The van der Waals surface area contributed by atoms with Crippen LogP contribution >= 0.6 is 0 Å². The monoisotopic (exact) mass is 238 g/mol. The van der Waals surface area contributed by atoms with E-state index in [-0.39, 0.29) is 0 Å². The van der Waals surface area contributed by atoms with E-state index >= 15 is 0 Å². The van der Waals surface area contributed by atoms with Crippen molar-refractivity contribution < 1.29 is 0 Å². The molecular weight excluding hydrogens is 224 g/mol. The third kappa shape index (κ3) is 1.67. The summed E-state index contributed by atoms with van der Waals surface area (Å²) in [5.41, 5.74) is 9.59. The summed E-state index contributed by atoms with van der Waals surface area (Å²) < 4.78 is 2.05. The Kier molecular flexibility index (Phi) is 2.57. The van der Waals surface area contributed by atoms with Crippen LogP contribution in [-0.4, -0.2) is 14.5 Å². The summed E-state index contributed by atoms with van der Waals surface area (Å²) in [5, 5.41) is 0. The van der Waals surface area contributed by atoms with Gasteiger partial charge in [-0.05, 0) is 36.8 Å². The number of pyridine rings is 1. The zero-order chi connectivity index (χ0) is 12.5. The van der Waals surface area contributed by atoms with Crippen molar-refractivity contribution in [1.29, 1.82) is 0 Å². The molecule has 0 amide bonds. The van der Waals surface area contributed by atoms with Crippen LogP contribution in [0, 0.1) is 6.92 Å². The van der Waals surface area contributed by atoms with Crippen molar-refractivity contribution >= 4 is 11.2 Å². The molecule has 4 nitrogen and oxygen atoms in total. The number of rotatable bonds is 2. The fourth-order valence-electron chi connectivity index (χ4n) is 2.12. The molecule has 0 aliphatic carbocycles. The number of aromatic nitrogens is 3. The highest BCUT2D eigenvalue weighted by Crippen LogP contribution is 2.19. The molecule has 0 radical (unpaired) electrons. The van der Waals surface area contributed by atoms with E-state index in [4.69, 9.17) is 5.73 Å². The Hall–Kier alpha value is -2.20. The minimum atomic E-state index is 0.558. The third-order valence-corrected chi connectivity index (χ3v) is 3.01. The summed E-state index contributed by atoms with van der Waals surface area (Å²) in [7, 11) is 0.